The van der Waals surface area contributed by atoms with Crippen molar-refractivity contribution in [1.82, 2.24) is 10.2 Å². The zero-order valence-electron chi connectivity index (χ0n) is 14.9. The minimum Gasteiger partial charge on any atom is -0.463 e. The molecule has 0 saturated carbocycles. The van der Waals surface area contributed by atoms with E-state index in [0.29, 0.717) is 13.1 Å². The Balaban J connectivity index is 2.12. The maximum Gasteiger partial charge on any atom is 0.350 e. The van der Waals surface area contributed by atoms with Gasteiger partial charge in [-0.3, -0.25) is 9.59 Å². The molecule has 0 aromatic heterocycles. The van der Waals surface area contributed by atoms with Gasteiger partial charge in [0.2, 0.25) is 5.91 Å². The minimum atomic E-state index is -1.35. The van der Waals surface area contributed by atoms with E-state index >= 15 is 0 Å². The summed E-state index contributed by atoms with van der Waals surface area (Å²) >= 11 is 0. The van der Waals surface area contributed by atoms with Crippen molar-refractivity contribution in [2.45, 2.75) is 32.1 Å². The molecule has 0 spiro atoms. The highest BCUT2D eigenvalue weighted by Crippen LogP contribution is 2.24. The molecule has 2 saturated heterocycles. The molecular formula is C16H22N2O8. The molecule has 2 rings (SSSR count). The third-order valence-corrected chi connectivity index (χ3v) is 3.69. The summed E-state index contributed by atoms with van der Waals surface area (Å²) in [5.74, 6) is -4.05. The van der Waals surface area contributed by atoms with Gasteiger partial charge in [-0.15, -0.1) is 0 Å². The third-order valence-electron chi connectivity index (χ3n) is 3.69. The normalized spacial score (nSPS) is 22.3. The fraction of sp³-hybridized carbons (Fsp3) is 0.625. The van der Waals surface area contributed by atoms with Crippen molar-refractivity contribution in [1.29, 1.82) is 0 Å². The van der Waals surface area contributed by atoms with Gasteiger partial charge in [0, 0.05) is 40.2 Å². The Morgan fingerprint density at radius 2 is 1.92 bits per heavy atom. The number of hydrogen-bond donors (Lipinski definition) is 1. The molecule has 10 nitrogen and oxygen atoms in total. The van der Waals surface area contributed by atoms with Crippen LogP contribution in [-0.2, 0) is 38.1 Å². The summed E-state index contributed by atoms with van der Waals surface area (Å²) in [7, 11) is 1.47. The third kappa shape index (κ3) is 4.94. The maximum atomic E-state index is 12.1. The molecule has 1 unspecified atom stereocenters. The predicted octanol–water partition coefficient (Wildman–Crippen LogP) is -0.913. The Hall–Kier alpha value is -2.62. The van der Waals surface area contributed by atoms with Crippen LogP contribution < -0.4 is 5.32 Å². The second kappa shape index (κ2) is 8.17. The highest BCUT2D eigenvalue weighted by Gasteiger charge is 2.40. The number of nitrogens with zero attached hydrogens (tertiary/aromatic N) is 1. The van der Waals surface area contributed by atoms with Gasteiger partial charge in [0.1, 0.15) is 12.6 Å². The van der Waals surface area contributed by atoms with E-state index in [4.69, 9.17) is 18.9 Å². The molecule has 0 bridgehead atoms. The van der Waals surface area contributed by atoms with E-state index in [1.807, 2.05) is 0 Å². The van der Waals surface area contributed by atoms with Crippen LogP contribution in [0.25, 0.3) is 0 Å². The number of ether oxygens (including phenoxy) is 4. The summed E-state index contributed by atoms with van der Waals surface area (Å²) in [4.78, 5) is 49.6. The van der Waals surface area contributed by atoms with Gasteiger partial charge in [-0.25, -0.2) is 9.59 Å². The number of nitrogens with one attached hydrogen (secondary N) is 1. The van der Waals surface area contributed by atoms with Crippen molar-refractivity contribution in [2.75, 3.05) is 33.4 Å². The molecular weight excluding hydrogens is 348 g/mol. The number of hydrogen-bond acceptors (Lipinski definition) is 9. The number of cyclic esters (lactones) is 2. The first-order valence-corrected chi connectivity index (χ1v) is 8.10. The van der Waals surface area contributed by atoms with E-state index in [1.54, 1.807) is 0 Å². The standard InChI is InChI=1S/C16H22N2O8/c1-16(2)25-14(21)10(15(22)26-16)9-18-5-4-17-13(20)11(18)8-12(19)24-7-6-23-3/h9,11H,4-8H2,1-3H3,(H,17,20). The number of esters is 3. The highest BCUT2D eigenvalue weighted by molar-refractivity contribution is 6.15. The molecule has 1 amide bonds. The van der Waals surface area contributed by atoms with Gasteiger partial charge in [-0.1, -0.05) is 0 Å². The molecule has 0 aliphatic carbocycles. The molecule has 144 valence electrons. The van der Waals surface area contributed by atoms with Gasteiger partial charge in [-0.2, -0.15) is 0 Å². The molecule has 2 aliphatic heterocycles. The quantitative estimate of drug-likeness (QED) is 0.274. The number of methoxy groups -OCH3 is 1. The largest absolute Gasteiger partial charge is 0.463 e. The van der Waals surface area contributed by atoms with Crippen LogP contribution in [0, 0.1) is 0 Å². The van der Waals surface area contributed by atoms with E-state index in [-0.39, 0.29) is 25.2 Å². The average molecular weight is 370 g/mol. The molecule has 0 aromatic carbocycles. The van der Waals surface area contributed by atoms with Gasteiger partial charge >= 0.3 is 17.9 Å². The zero-order valence-corrected chi connectivity index (χ0v) is 14.9. The van der Waals surface area contributed by atoms with E-state index in [1.165, 1.54) is 32.1 Å². The fourth-order valence-corrected chi connectivity index (χ4v) is 2.48. The van der Waals surface area contributed by atoms with Crippen molar-refractivity contribution in [3.63, 3.8) is 0 Å². The van der Waals surface area contributed by atoms with Crippen LogP contribution in [0.4, 0.5) is 0 Å². The van der Waals surface area contributed by atoms with Gasteiger partial charge in [0.15, 0.2) is 5.57 Å². The summed E-state index contributed by atoms with van der Waals surface area (Å²) in [6.45, 7) is 3.78. The Kier molecular flexibility index (Phi) is 6.19. The van der Waals surface area contributed by atoms with Crippen LogP contribution in [-0.4, -0.2) is 74.0 Å². The molecule has 2 heterocycles. The number of carbonyl (C=O) groups is 4. The lowest BCUT2D eigenvalue weighted by molar-refractivity contribution is -0.222. The molecule has 0 aromatic rings. The SMILES string of the molecule is COCCOC(=O)CC1C(=O)NCCN1C=C1C(=O)OC(C)(C)OC1=O. The summed E-state index contributed by atoms with van der Waals surface area (Å²) in [5.41, 5.74) is -0.336. The topological polar surface area (TPSA) is 120 Å². The van der Waals surface area contributed by atoms with Crippen LogP contribution in [0.15, 0.2) is 11.8 Å². The van der Waals surface area contributed by atoms with Crippen LogP contribution in [0.5, 0.6) is 0 Å². The number of piperazine rings is 1. The van der Waals surface area contributed by atoms with E-state index in [0.717, 1.165) is 0 Å². The first-order valence-electron chi connectivity index (χ1n) is 8.10. The van der Waals surface area contributed by atoms with Crippen molar-refractivity contribution < 1.29 is 38.1 Å². The van der Waals surface area contributed by atoms with Crippen LogP contribution in [0.2, 0.25) is 0 Å². The van der Waals surface area contributed by atoms with Crippen LogP contribution in [0.3, 0.4) is 0 Å². The second-order valence-corrected chi connectivity index (χ2v) is 6.18. The second-order valence-electron chi connectivity index (χ2n) is 6.18. The lowest BCUT2D eigenvalue weighted by Crippen LogP contribution is -2.54. The van der Waals surface area contributed by atoms with Crippen molar-refractivity contribution >= 4 is 23.8 Å². The minimum absolute atomic E-state index is 0.0680. The number of rotatable bonds is 6. The Morgan fingerprint density at radius 3 is 2.54 bits per heavy atom. The molecule has 10 heteroatoms. The lowest BCUT2D eigenvalue weighted by atomic mass is 10.1. The monoisotopic (exact) mass is 370 g/mol. The Bertz CT molecular complexity index is 606. The molecule has 1 atom stereocenters. The molecule has 1 N–H and O–H groups in total. The summed E-state index contributed by atoms with van der Waals surface area (Å²) in [6, 6.07) is -0.915. The van der Waals surface area contributed by atoms with E-state index < -0.39 is 35.6 Å². The zero-order chi connectivity index (χ0) is 19.3. The molecule has 26 heavy (non-hydrogen) atoms. The Labute approximate surface area is 150 Å². The summed E-state index contributed by atoms with van der Waals surface area (Å²) < 4.78 is 19.8. The number of amides is 1. The maximum absolute atomic E-state index is 12.1. The lowest BCUT2D eigenvalue weighted by Gasteiger charge is -2.35. The number of carbonyl (C=O) groups excluding carboxylic acids is 4. The van der Waals surface area contributed by atoms with Gasteiger partial charge in [-0.05, 0) is 0 Å². The van der Waals surface area contributed by atoms with E-state index in [9.17, 15) is 19.2 Å². The Morgan fingerprint density at radius 1 is 1.27 bits per heavy atom. The molecule has 2 aliphatic rings. The highest BCUT2D eigenvalue weighted by atomic mass is 16.7. The first kappa shape index (κ1) is 19.7. The van der Waals surface area contributed by atoms with Crippen LogP contribution in [0.1, 0.15) is 20.3 Å². The van der Waals surface area contributed by atoms with Crippen molar-refractivity contribution in [2.24, 2.45) is 0 Å². The van der Waals surface area contributed by atoms with Crippen LogP contribution >= 0.6 is 0 Å². The fourth-order valence-electron chi connectivity index (χ4n) is 2.48. The average Bonchev–Trinajstić information content (AvgIpc) is 2.53. The molecule has 2 fully saturated rings. The smallest absolute Gasteiger partial charge is 0.350 e. The van der Waals surface area contributed by atoms with Gasteiger partial charge in [0.05, 0.1) is 13.0 Å². The summed E-state index contributed by atoms with van der Waals surface area (Å²) in [5, 5.41) is 2.63. The van der Waals surface area contributed by atoms with Crippen molar-refractivity contribution in [3.8, 4) is 0 Å². The summed E-state index contributed by atoms with van der Waals surface area (Å²) in [6.07, 6.45) is 0.959. The molecule has 0 radical (unpaired) electrons. The first-order chi connectivity index (χ1) is 12.2. The van der Waals surface area contributed by atoms with Gasteiger partial charge < -0.3 is 29.2 Å². The van der Waals surface area contributed by atoms with Crippen molar-refractivity contribution in [3.05, 3.63) is 11.8 Å². The van der Waals surface area contributed by atoms with Gasteiger partial charge in [0.25, 0.3) is 5.79 Å². The van der Waals surface area contributed by atoms with E-state index in [2.05, 4.69) is 5.32 Å². The predicted molar refractivity (Wildman–Crippen MR) is 85.3 cm³/mol.